The molecule has 1 atom stereocenters. The second-order valence-electron chi connectivity index (χ2n) is 8.66. The summed E-state index contributed by atoms with van der Waals surface area (Å²) in [6, 6.07) is -0.665. The molecule has 9 nitrogen and oxygen atoms in total. The highest BCUT2D eigenvalue weighted by Gasteiger charge is 2.22. The number of aliphatic carboxylic acids is 1. The Bertz CT molecular complexity index is 652. The van der Waals surface area contributed by atoms with Gasteiger partial charge < -0.3 is 25.3 Å². The highest BCUT2D eigenvalue weighted by molar-refractivity contribution is 5.84. The molecule has 4 N–H and O–H groups in total. The van der Waals surface area contributed by atoms with Gasteiger partial charge in [0.2, 0.25) is 5.91 Å². The number of nitrogens with one attached hydrogen (secondary N) is 2. The van der Waals surface area contributed by atoms with Crippen molar-refractivity contribution in [3.05, 3.63) is 18.2 Å². The molecular formula is C26H47N3O6. The Morgan fingerprint density at radius 2 is 1.54 bits per heavy atom. The first-order valence-electron chi connectivity index (χ1n) is 13.2. The van der Waals surface area contributed by atoms with E-state index in [1.54, 1.807) is 19.4 Å². The highest BCUT2D eigenvalue weighted by atomic mass is 16.5. The van der Waals surface area contributed by atoms with E-state index < -0.39 is 18.0 Å². The lowest BCUT2D eigenvalue weighted by molar-refractivity contribution is -0.147. The summed E-state index contributed by atoms with van der Waals surface area (Å²) in [6.45, 7) is 4.45. The summed E-state index contributed by atoms with van der Waals surface area (Å²) in [5, 5.41) is 19.2. The standard InChI is InChI=1S/C20H35N3O3.C6H12O3/c1-3-5-6-7-8-9-10-11-12-13-19(24)23-18(20(25)26-4-2)14-17-15-21-16-22-17;7-5-3-1-2-4-6(8)9/h15-16,18H,3-14H2,1-2H3,(H,21,22)(H,23,24);7H,1-5H2,(H,8,9)/t18-;/m0./s1. The van der Waals surface area contributed by atoms with E-state index in [4.69, 9.17) is 14.9 Å². The number of ether oxygens (including phenoxy) is 1. The molecule has 0 radical (unpaired) electrons. The fraction of sp³-hybridized carbons (Fsp3) is 0.769. The van der Waals surface area contributed by atoms with Crippen LogP contribution in [0.2, 0.25) is 0 Å². The number of aliphatic hydroxyl groups excluding tert-OH is 1. The number of hydrogen-bond donors (Lipinski definition) is 4. The number of carboxylic acid groups (broad SMARTS) is 1. The second-order valence-corrected chi connectivity index (χ2v) is 8.66. The van der Waals surface area contributed by atoms with Crippen molar-refractivity contribution in [2.75, 3.05) is 13.2 Å². The smallest absolute Gasteiger partial charge is 0.329 e. The van der Waals surface area contributed by atoms with E-state index in [1.807, 2.05) is 0 Å². The van der Waals surface area contributed by atoms with Gasteiger partial charge in [-0.15, -0.1) is 0 Å². The molecule has 9 heteroatoms. The molecule has 0 bridgehead atoms. The molecule has 1 heterocycles. The maximum Gasteiger partial charge on any atom is 0.329 e. The first-order valence-corrected chi connectivity index (χ1v) is 13.2. The molecule has 0 saturated heterocycles. The van der Waals surface area contributed by atoms with Crippen LogP contribution in [-0.4, -0.2) is 57.3 Å². The quantitative estimate of drug-likeness (QED) is 0.153. The van der Waals surface area contributed by atoms with E-state index in [9.17, 15) is 14.4 Å². The minimum Gasteiger partial charge on any atom is -0.481 e. The Labute approximate surface area is 210 Å². The normalized spacial score (nSPS) is 11.3. The maximum absolute atomic E-state index is 12.2. The van der Waals surface area contributed by atoms with E-state index in [2.05, 4.69) is 22.2 Å². The molecule has 35 heavy (non-hydrogen) atoms. The fourth-order valence-corrected chi connectivity index (χ4v) is 3.48. The van der Waals surface area contributed by atoms with Gasteiger partial charge in [0, 0.05) is 37.8 Å². The van der Waals surface area contributed by atoms with Crippen molar-refractivity contribution in [1.29, 1.82) is 0 Å². The number of hydrogen-bond acceptors (Lipinski definition) is 6. The zero-order valence-electron chi connectivity index (χ0n) is 21.7. The maximum atomic E-state index is 12.2. The van der Waals surface area contributed by atoms with Crippen LogP contribution < -0.4 is 5.32 Å². The Hall–Kier alpha value is -2.42. The van der Waals surface area contributed by atoms with Gasteiger partial charge >= 0.3 is 11.9 Å². The number of carboxylic acids is 1. The number of unbranched alkanes of at least 4 members (excludes halogenated alkanes) is 10. The topological polar surface area (TPSA) is 142 Å². The van der Waals surface area contributed by atoms with E-state index in [0.29, 0.717) is 32.3 Å². The lowest BCUT2D eigenvalue weighted by Crippen LogP contribution is -2.43. The number of esters is 1. The Balaban J connectivity index is 0.00000109. The Morgan fingerprint density at radius 3 is 2.09 bits per heavy atom. The van der Waals surface area contributed by atoms with Crippen molar-refractivity contribution in [2.45, 2.75) is 116 Å². The third-order valence-electron chi connectivity index (χ3n) is 5.44. The van der Waals surface area contributed by atoms with Crippen molar-refractivity contribution in [1.82, 2.24) is 15.3 Å². The lowest BCUT2D eigenvalue weighted by atomic mass is 10.1. The molecule has 1 aromatic heterocycles. The van der Waals surface area contributed by atoms with E-state index in [0.717, 1.165) is 25.0 Å². The third kappa shape index (κ3) is 20.7. The van der Waals surface area contributed by atoms with Crippen molar-refractivity contribution in [3.63, 3.8) is 0 Å². The Kier molecular flexibility index (Phi) is 21.7. The van der Waals surface area contributed by atoms with Crippen LogP contribution in [0.5, 0.6) is 0 Å². The predicted molar refractivity (Wildman–Crippen MR) is 136 cm³/mol. The summed E-state index contributed by atoms with van der Waals surface area (Å²) in [6.07, 6.45) is 17.4. The molecule has 1 rings (SSSR count). The molecule has 202 valence electrons. The fourth-order valence-electron chi connectivity index (χ4n) is 3.48. The van der Waals surface area contributed by atoms with Crippen LogP contribution in [0.1, 0.15) is 109 Å². The van der Waals surface area contributed by atoms with Gasteiger partial charge in [-0.3, -0.25) is 9.59 Å². The summed E-state index contributed by atoms with van der Waals surface area (Å²) in [4.78, 5) is 41.0. The summed E-state index contributed by atoms with van der Waals surface area (Å²) >= 11 is 0. The summed E-state index contributed by atoms with van der Waals surface area (Å²) in [7, 11) is 0. The summed E-state index contributed by atoms with van der Waals surface area (Å²) in [5.41, 5.74) is 0.798. The van der Waals surface area contributed by atoms with Gasteiger partial charge in [0.25, 0.3) is 0 Å². The molecule has 0 fully saturated rings. The van der Waals surface area contributed by atoms with Crippen LogP contribution in [0.25, 0.3) is 0 Å². The number of carbonyl (C=O) groups is 3. The van der Waals surface area contributed by atoms with E-state index >= 15 is 0 Å². The monoisotopic (exact) mass is 497 g/mol. The van der Waals surface area contributed by atoms with Crippen molar-refractivity contribution in [2.24, 2.45) is 0 Å². The SMILES string of the molecule is CCCCCCCCCCCC(=O)N[C@@H](Cc1cnc[nH]1)C(=O)OCC.O=C(O)CCCCCO. The van der Waals surface area contributed by atoms with Crippen molar-refractivity contribution < 1.29 is 29.3 Å². The number of aliphatic hydroxyl groups is 1. The van der Waals surface area contributed by atoms with Gasteiger partial charge in [0.1, 0.15) is 6.04 Å². The minimum atomic E-state index is -0.757. The largest absolute Gasteiger partial charge is 0.481 e. The van der Waals surface area contributed by atoms with Gasteiger partial charge in [-0.2, -0.15) is 0 Å². The summed E-state index contributed by atoms with van der Waals surface area (Å²) < 4.78 is 5.06. The molecule has 1 amide bonds. The first-order chi connectivity index (χ1) is 16.9. The summed E-state index contributed by atoms with van der Waals surface area (Å²) in [5.74, 6) is -1.25. The molecule has 1 aromatic rings. The average Bonchev–Trinajstić information content (AvgIpc) is 3.34. The van der Waals surface area contributed by atoms with Crippen molar-refractivity contribution in [3.8, 4) is 0 Å². The molecule has 0 aliphatic rings. The second kappa shape index (κ2) is 23.3. The van der Waals surface area contributed by atoms with Crippen LogP contribution in [-0.2, 0) is 25.5 Å². The third-order valence-corrected chi connectivity index (χ3v) is 5.44. The zero-order valence-corrected chi connectivity index (χ0v) is 21.7. The number of aromatic nitrogens is 2. The molecule has 0 aromatic carbocycles. The predicted octanol–water partition coefficient (Wildman–Crippen LogP) is 4.54. The zero-order chi connectivity index (χ0) is 26.2. The van der Waals surface area contributed by atoms with E-state index in [1.165, 1.54) is 44.9 Å². The van der Waals surface area contributed by atoms with Gasteiger partial charge in [-0.1, -0.05) is 64.7 Å². The molecular weight excluding hydrogens is 450 g/mol. The number of nitrogens with zero attached hydrogens (tertiary/aromatic N) is 1. The van der Waals surface area contributed by atoms with Crippen LogP contribution in [0.3, 0.4) is 0 Å². The number of aromatic amines is 1. The van der Waals surface area contributed by atoms with E-state index in [-0.39, 0.29) is 18.9 Å². The minimum absolute atomic E-state index is 0.0921. The lowest BCUT2D eigenvalue weighted by Gasteiger charge is -2.16. The molecule has 0 aliphatic carbocycles. The van der Waals surface area contributed by atoms with Crippen LogP contribution >= 0.6 is 0 Å². The van der Waals surface area contributed by atoms with Gasteiger partial charge in [0.05, 0.1) is 12.9 Å². The number of amides is 1. The Morgan fingerprint density at radius 1 is 0.943 bits per heavy atom. The molecule has 0 unspecified atom stereocenters. The average molecular weight is 498 g/mol. The highest BCUT2D eigenvalue weighted by Crippen LogP contribution is 2.11. The molecule has 0 spiro atoms. The van der Waals surface area contributed by atoms with Crippen LogP contribution in [0, 0.1) is 0 Å². The van der Waals surface area contributed by atoms with Gasteiger partial charge in [0.15, 0.2) is 0 Å². The van der Waals surface area contributed by atoms with Crippen molar-refractivity contribution >= 4 is 17.8 Å². The number of rotatable bonds is 20. The first kappa shape index (κ1) is 32.6. The molecule has 0 aliphatic heterocycles. The number of imidazole rings is 1. The number of H-pyrrole nitrogens is 1. The van der Waals surface area contributed by atoms with Gasteiger partial charge in [-0.05, 0) is 26.2 Å². The van der Waals surface area contributed by atoms with Crippen LogP contribution in [0.4, 0.5) is 0 Å². The number of carbonyl (C=O) groups excluding carboxylic acids is 2. The molecule has 0 saturated carbocycles. The van der Waals surface area contributed by atoms with Crippen LogP contribution in [0.15, 0.2) is 12.5 Å². The van der Waals surface area contributed by atoms with Gasteiger partial charge in [-0.25, -0.2) is 9.78 Å².